The molecule has 0 fully saturated rings. The summed E-state index contributed by atoms with van der Waals surface area (Å²) in [6.07, 6.45) is 3.29. The minimum Gasteiger partial charge on any atom is -0.487 e. The van der Waals surface area contributed by atoms with Crippen molar-refractivity contribution < 1.29 is 19.3 Å². The summed E-state index contributed by atoms with van der Waals surface area (Å²) in [6.45, 7) is 4.01. The highest BCUT2D eigenvalue weighted by atomic mass is 16.6. The molecule has 0 radical (unpaired) electrons. The summed E-state index contributed by atoms with van der Waals surface area (Å²) in [5.41, 5.74) is 1.62. The minimum atomic E-state index is -0.881. The molecule has 2 unspecified atom stereocenters. The minimum absolute atomic E-state index is 0.0503. The first-order valence-corrected chi connectivity index (χ1v) is 6.42. The number of rotatable bonds is 2. The maximum absolute atomic E-state index is 9.58. The van der Waals surface area contributed by atoms with Crippen LogP contribution in [0.4, 0.5) is 0 Å². The van der Waals surface area contributed by atoms with Crippen LogP contribution in [0.3, 0.4) is 0 Å². The summed E-state index contributed by atoms with van der Waals surface area (Å²) in [5.74, 6) is 1.54. The van der Waals surface area contributed by atoms with Gasteiger partial charge in [0.15, 0.2) is 0 Å². The smallest absolute Gasteiger partial charge is 0.217 e. The summed E-state index contributed by atoms with van der Waals surface area (Å²) in [5, 5.41) is 9.58. The van der Waals surface area contributed by atoms with Crippen LogP contribution in [0.1, 0.15) is 25.0 Å². The normalized spacial score (nSPS) is 24.4. The van der Waals surface area contributed by atoms with E-state index in [0.717, 1.165) is 29.0 Å². The topological polar surface area (TPSA) is 47.9 Å². The van der Waals surface area contributed by atoms with Crippen LogP contribution in [-0.4, -0.2) is 30.2 Å². The van der Waals surface area contributed by atoms with Crippen molar-refractivity contribution in [3.05, 3.63) is 29.3 Å². The Morgan fingerprint density at radius 1 is 1.32 bits per heavy atom. The van der Waals surface area contributed by atoms with Crippen molar-refractivity contribution in [3.63, 3.8) is 0 Å². The largest absolute Gasteiger partial charge is 0.487 e. The highest BCUT2D eigenvalue weighted by molar-refractivity contribution is 5.66. The molecule has 2 atom stereocenters. The van der Waals surface area contributed by atoms with E-state index in [0.29, 0.717) is 0 Å². The second-order valence-electron chi connectivity index (χ2n) is 5.45. The van der Waals surface area contributed by atoms with Crippen molar-refractivity contribution in [3.8, 4) is 11.5 Å². The Labute approximate surface area is 112 Å². The van der Waals surface area contributed by atoms with Crippen LogP contribution in [0.5, 0.6) is 11.5 Å². The molecule has 19 heavy (non-hydrogen) atoms. The number of aliphatic hydroxyl groups is 1. The van der Waals surface area contributed by atoms with Crippen LogP contribution in [0, 0.1) is 0 Å². The number of hydrogen-bond donors (Lipinski definition) is 1. The molecule has 1 aromatic rings. The lowest BCUT2D eigenvalue weighted by molar-refractivity contribution is -0.0570. The Bertz CT molecular complexity index is 533. The molecule has 0 aromatic heterocycles. The van der Waals surface area contributed by atoms with Gasteiger partial charge in [-0.05, 0) is 38.1 Å². The molecule has 2 aliphatic rings. The van der Waals surface area contributed by atoms with E-state index in [1.807, 2.05) is 32.1 Å². The third-order valence-corrected chi connectivity index (χ3v) is 3.89. The molecule has 4 heteroatoms. The van der Waals surface area contributed by atoms with E-state index in [2.05, 4.69) is 0 Å². The molecule has 102 valence electrons. The van der Waals surface area contributed by atoms with E-state index in [-0.39, 0.29) is 11.7 Å². The molecule has 0 saturated heterocycles. The Kier molecular flexibility index (Phi) is 2.80. The van der Waals surface area contributed by atoms with Crippen LogP contribution in [0.25, 0.3) is 6.08 Å². The third kappa shape index (κ3) is 2.01. The molecule has 3 rings (SSSR count). The summed E-state index contributed by atoms with van der Waals surface area (Å²) >= 11 is 0. The summed E-state index contributed by atoms with van der Waals surface area (Å²) in [7, 11) is 1.69. The van der Waals surface area contributed by atoms with E-state index in [1.165, 1.54) is 0 Å². The van der Waals surface area contributed by atoms with Crippen molar-refractivity contribution in [2.24, 2.45) is 0 Å². The number of ether oxygens (including phenoxy) is 3. The number of methoxy groups -OCH3 is 1. The molecular weight excluding hydrogens is 244 g/mol. The predicted molar refractivity (Wildman–Crippen MR) is 71.3 cm³/mol. The predicted octanol–water partition coefficient (Wildman–Crippen LogP) is 2.14. The number of fused-ring (bicyclic) bond motifs is 3. The Morgan fingerprint density at radius 3 is 2.84 bits per heavy atom. The van der Waals surface area contributed by atoms with Gasteiger partial charge in [-0.15, -0.1) is 0 Å². The van der Waals surface area contributed by atoms with Crippen molar-refractivity contribution in [1.29, 1.82) is 0 Å². The van der Waals surface area contributed by atoms with Crippen molar-refractivity contribution in [2.75, 3.05) is 7.11 Å². The van der Waals surface area contributed by atoms with Gasteiger partial charge in [-0.25, -0.2) is 0 Å². The van der Waals surface area contributed by atoms with E-state index in [1.54, 1.807) is 13.2 Å². The fraction of sp³-hybridized carbons (Fsp3) is 0.467. The SMILES string of the molecule is COC(C)(C)C1Cc2c(ccc3c2OC(O)C=C3)O1. The first-order chi connectivity index (χ1) is 9.01. The van der Waals surface area contributed by atoms with Gasteiger partial charge in [-0.3, -0.25) is 0 Å². The number of aliphatic hydroxyl groups excluding tert-OH is 1. The monoisotopic (exact) mass is 262 g/mol. The first kappa shape index (κ1) is 12.5. The number of benzene rings is 1. The molecule has 1 aromatic carbocycles. The lowest BCUT2D eigenvalue weighted by Gasteiger charge is -2.29. The molecule has 2 aliphatic heterocycles. The van der Waals surface area contributed by atoms with Gasteiger partial charge in [0.25, 0.3) is 0 Å². The molecule has 0 bridgehead atoms. The van der Waals surface area contributed by atoms with Crippen molar-refractivity contribution in [2.45, 2.75) is 38.3 Å². The van der Waals surface area contributed by atoms with Gasteiger partial charge in [0, 0.05) is 24.7 Å². The molecule has 4 nitrogen and oxygen atoms in total. The van der Waals surface area contributed by atoms with Crippen molar-refractivity contribution >= 4 is 6.08 Å². The fourth-order valence-electron chi connectivity index (χ4n) is 2.45. The fourth-order valence-corrected chi connectivity index (χ4v) is 2.45. The zero-order chi connectivity index (χ0) is 13.6. The second-order valence-corrected chi connectivity index (χ2v) is 5.45. The van der Waals surface area contributed by atoms with Gasteiger partial charge < -0.3 is 19.3 Å². The summed E-state index contributed by atoms with van der Waals surface area (Å²) in [4.78, 5) is 0. The molecule has 2 heterocycles. The molecular formula is C15H18O4. The van der Waals surface area contributed by atoms with Gasteiger partial charge in [-0.2, -0.15) is 0 Å². The average molecular weight is 262 g/mol. The lowest BCUT2D eigenvalue weighted by Crippen LogP contribution is -2.41. The van der Waals surface area contributed by atoms with Crippen molar-refractivity contribution in [1.82, 2.24) is 0 Å². The zero-order valence-electron chi connectivity index (χ0n) is 11.3. The van der Waals surface area contributed by atoms with Gasteiger partial charge in [0.1, 0.15) is 17.6 Å². The van der Waals surface area contributed by atoms with Crippen LogP contribution < -0.4 is 9.47 Å². The van der Waals surface area contributed by atoms with E-state index >= 15 is 0 Å². The molecule has 0 saturated carbocycles. The molecule has 0 amide bonds. The van der Waals surface area contributed by atoms with Gasteiger partial charge in [0.2, 0.25) is 6.29 Å². The second kappa shape index (κ2) is 4.25. The highest BCUT2D eigenvalue weighted by Crippen LogP contribution is 2.43. The van der Waals surface area contributed by atoms with E-state index < -0.39 is 6.29 Å². The van der Waals surface area contributed by atoms with Gasteiger partial charge in [0.05, 0.1) is 5.60 Å². The Balaban J connectivity index is 1.97. The highest BCUT2D eigenvalue weighted by Gasteiger charge is 2.39. The van der Waals surface area contributed by atoms with E-state index in [9.17, 15) is 5.11 Å². The third-order valence-electron chi connectivity index (χ3n) is 3.89. The lowest BCUT2D eigenvalue weighted by atomic mass is 9.95. The number of hydrogen-bond acceptors (Lipinski definition) is 4. The summed E-state index contributed by atoms with van der Waals surface area (Å²) in [6, 6.07) is 3.89. The van der Waals surface area contributed by atoms with Crippen LogP contribution in [0.2, 0.25) is 0 Å². The molecule has 0 spiro atoms. The summed E-state index contributed by atoms with van der Waals surface area (Å²) < 4.78 is 17.0. The molecule has 0 aliphatic carbocycles. The molecule has 1 N–H and O–H groups in total. The first-order valence-electron chi connectivity index (χ1n) is 6.42. The quantitative estimate of drug-likeness (QED) is 0.887. The zero-order valence-corrected chi connectivity index (χ0v) is 11.3. The van der Waals surface area contributed by atoms with Crippen LogP contribution in [0.15, 0.2) is 18.2 Å². The maximum Gasteiger partial charge on any atom is 0.217 e. The van der Waals surface area contributed by atoms with Gasteiger partial charge in [-0.1, -0.05) is 0 Å². The van der Waals surface area contributed by atoms with Gasteiger partial charge >= 0.3 is 0 Å². The standard InChI is InChI=1S/C15H18O4/c1-15(2,17-3)12-8-10-11(18-12)6-4-9-5-7-13(16)19-14(9)10/h4-7,12-13,16H,8H2,1-3H3. The Morgan fingerprint density at radius 2 is 2.11 bits per heavy atom. The van der Waals surface area contributed by atoms with Crippen LogP contribution >= 0.6 is 0 Å². The van der Waals surface area contributed by atoms with Crippen LogP contribution in [-0.2, 0) is 11.2 Å². The Hall–Kier alpha value is -1.52. The average Bonchev–Trinajstić information content (AvgIpc) is 2.83. The maximum atomic E-state index is 9.58. The van der Waals surface area contributed by atoms with E-state index in [4.69, 9.17) is 14.2 Å².